The van der Waals surface area contributed by atoms with Crippen LogP contribution >= 0.6 is 0 Å². The number of rotatable bonds is 3. The van der Waals surface area contributed by atoms with Gasteiger partial charge in [-0.25, -0.2) is 13.1 Å². The van der Waals surface area contributed by atoms with Gasteiger partial charge in [-0.3, -0.25) is 9.78 Å². The molecule has 2 heterocycles. The van der Waals surface area contributed by atoms with Gasteiger partial charge in [0.15, 0.2) is 0 Å². The van der Waals surface area contributed by atoms with Crippen molar-refractivity contribution in [2.45, 2.75) is 29.8 Å². The lowest BCUT2D eigenvalue weighted by Crippen LogP contribution is -2.44. The number of aromatic nitrogens is 1. The van der Waals surface area contributed by atoms with Crippen molar-refractivity contribution in [2.75, 3.05) is 0 Å². The first-order valence-electron chi connectivity index (χ1n) is 7.21. The predicted molar refractivity (Wildman–Crippen MR) is 80.5 cm³/mol. The molecule has 1 aromatic carbocycles. The molecule has 2 fully saturated rings. The lowest BCUT2D eigenvalue weighted by Gasteiger charge is -2.14. The molecule has 4 rings (SSSR count). The summed E-state index contributed by atoms with van der Waals surface area (Å²) in [5.74, 6) is 0.0494. The predicted octanol–water partition coefficient (Wildman–Crippen LogP) is 0.790. The molecule has 3 atom stereocenters. The Morgan fingerprint density at radius 3 is 2.86 bits per heavy atom. The SMILES string of the molecule is O=C(NS(=O)(=O)c1cccc2ncccc12)[C@@H]1C[C@H]2C[C@H]2N1. The Hall–Kier alpha value is -1.99. The molecule has 0 bridgehead atoms. The average Bonchev–Trinajstić information content (AvgIpc) is 3.12. The summed E-state index contributed by atoms with van der Waals surface area (Å²) in [6.07, 6.45) is 3.40. The minimum absolute atomic E-state index is 0.0783. The molecule has 0 radical (unpaired) electrons. The summed E-state index contributed by atoms with van der Waals surface area (Å²) in [5, 5.41) is 3.66. The van der Waals surface area contributed by atoms with Gasteiger partial charge in [-0.15, -0.1) is 0 Å². The number of piperidine rings is 1. The molecule has 1 saturated carbocycles. The summed E-state index contributed by atoms with van der Waals surface area (Å²) in [6.45, 7) is 0. The van der Waals surface area contributed by atoms with E-state index in [1.54, 1.807) is 30.5 Å². The van der Waals surface area contributed by atoms with Crippen LogP contribution in [0.15, 0.2) is 41.4 Å². The molecule has 6 nitrogen and oxygen atoms in total. The molecule has 1 aliphatic carbocycles. The molecule has 114 valence electrons. The van der Waals surface area contributed by atoms with E-state index in [1.807, 2.05) is 0 Å². The Labute approximate surface area is 128 Å². The summed E-state index contributed by atoms with van der Waals surface area (Å²) in [7, 11) is -3.91. The Morgan fingerprint density at radius 1 is 1.23 bits per heavy atom. The van der Waals surface area contributed by atoms with Crippen molar-refractivity contribution in [3.63, 3.8) is 0 Å². The van der Waals surface area contributed by atoms with Crippen molar-refractivity contribution in [3.8, 4) is 0 Å². The monoisotopic (exact) mass is 317 g/mol. The van der Waals surface area contributed by atoms with Gasteiger partial charge in [-0.1, -0.05) is 6.07 Å². The topological polar surface area (TPSA) is 88.2 Å². The first-order chi connectivity index (χ1) is 10.5. The highest BCUT2D eigenvalue weighted by Crippen LogP contribution is 2.40. The first-order valence-corrected chi connectivity index (χ1v) is 8.69. The molecule has 1 amide bonds. The van der Waals surface area contributed by atoms with E-state index in [1.165, 1.54) is 6.07 Å². The molecular formula is C15H15N3O3S. The van der Waals surface area contributed by atoms with Crippen molar-refractivity contribution in [1.82, 2.24) is 15.0 Å². The van der Waals surface area contributed by atoms with Crippen LogP contribution < -0.4 is 10.0 Å². The number of carbonyl (C=O) groups is 1. The van der Waals surface area contributed by atoms with Crippen molar-refractivity contribution in [2.24, 2.45) is 5.92 Å². The zero-order chi connectivity index (χ0) is 15.3. The summed E-state index contributed by atoms with van der Waals surface area (Å²) in [4.78, 5) is 16.4. The lowest BCUT2D eigenvalue weighted by molar-refractivity contribution is -0.121. The quantitative estimate of drug-likeness (QED) is 0.874. The Bertz CT molecular complexity index is 850. The molecule has 1 saturated heterocycles. The number of hydrogen-bond acceptors (Lipinski definition) is 5. The molecule has 2 N–H and O–H groups in total. The van der Waals surface area contributed by atoms with Crippen LogP contribution in [0.4, 0.5) is 0 Å². The van der Waals surface area contributed by atoms with E-state index >= 15 is 0 Å². The number of amides is 1. The number of benzene rings is 1. The zero-order valence-corrected chi connectivity index (χ0v) is 12.5. The molecule has 7 heteroatoms. The van der Waals surface area contributed by atoms with Gasteiger partial charge in [-0.05, 0) is 43.0 Å². The number of pyridine rings is 1. The van der Waals surface area contributed by atoms with Gasteiger partial charge in [0, 0.05) is 17.6 Å². The maximum Gasteiger partial charge on any atom is 0.264 e. The van der Waals surface area contributed by atoms with Crippen LogP contribution in [0.5, 0.6) is 0 Å². The molecule has 22 heavy (non-hydrogen) atoms. The van der Waals surface area contributed by atoms with Crippen LogP contribution in [0.2, 0.25) is 0 Å². The second-order valence-corrected chi connectivity index (χ2v) is 7.50. The van der Waals surface area contributed by atoms with Gasteiger partial charge in [-0.2, -0.15) is 0 Å². The Morgan fingerprint density at radius 2 is 2.09 bits per heavy atom. The average molecular weight is 317 g/mol. The van der Waals surface area contributed by atoms with Gasteiger partial charge < -0.3 is 5.32 Å². The molecule has 2 aromatic rings. The summed E-state index contributed by atoms with van der Waals surface area (Å²) >= 11 is 0. The van der Waals surface area contributed by atoms with E-state index in [0.29, 0.717) is 29.3 Å². The van der Waals surface area contributed by atoms with Crippen LogP contribution in [0, 0.1) is 5.92 Å². The van der Waals surface area contributed by atoms with Crippen LogP contribution in [0.1, 0.15) is 12.8 Å². The number of sulfonamides is 1. The highest BCUT2D eigenvalue weighted by molar-refractivity contribution is 7.90. The fourth-order valence-electron chi connectivity index (χ4n) is 3.09. The largest absolute Gasteiger partial charge is 0.303 e. The minimum atomic E-state index is -3.91. The second kappa shape index (κ2) is 4.76. The van der Waals surface area contributed by atoms with Gasteiger partial charge in [0.1, 0.15) is 0 Å². The van der Waals surface area contributed by atoms with Crippen molar-refractivity contribution < 1.29 is 13.2 Å². The fourth-order valence-corrected chi connectivity index (χ4v) is 4.33. The lowest BCUT2D eigenvalue weighted by atomic mass is 10.2. The van der Waals surface area contributed by atoms with Gasteiger partial charge >= 0.3 is 0 Å². The number of carbonyl (C=O) groups excluding carboxylic acids is 1. The Balaban J connectivity index is 1.63. The fraction of sp³-hybridized carbons (Fsp3) is 0.333. The first kappa shape index (κ1) is 13.7. The van der Waals surface area contributed by atoms with Crippen molar-refractivity contribution >= 4 is 26.8 Å². The number of hydrogen-bond donors (Lipinski definition) is 2. The highest BCUT2D eigenvalue weighted by atomic mass is 32.2. The summed E-state index contributed by atoms with van der Waals surface area (Å²) in [5.41, 5.74) is 0.582. The standard InChI is InChI=1S/C15H15N3O3S/c19-15(13-8-9-7-12(9)17-13)18-22(20,21)14-5-1-4-11-10(14)3-2-6-16-11/h1-6,9,12-13,17H,7-8H2,(H,18,19)/t9-,12-,13+/m1/s1. The van der Waals surface area contributed by atoms with E-state index in [2.05, 4.69) is 15.0 Å². The second-order valence-electron chi connectivity index (χ2n) is 5.85. The van der Waals surface area contributed by atoms with Gasteiger partial charge in [0.2, 0.25) is 0 Å². The molecule has 1 aliphatic heterocycles. The molecule has 2 aliphatic rings. The molecule has 0 unspecified atom stereocenters. The highest BCUT2D eigenvalue weighted by Gasteiger charge is 2.48. The smallest absolute Gasteiger partial charge is 0.264 e. The molecular weight excluding hydrogens is 302 g/mol. The third kappa shape index (κ3) is 2.26. The van der Waals surface area contributed by atoms with Crippen LogP contribution in [0.3, 0.4) is 0 Å². The van der Waals surface area contributed by atoms with E-state index in [-0.39, 0.29) is 4.90 Å². The van der Waals surface area contributed by atoms with Gasteiger partial charge in [0.25, 0.3) is 15.9 Å². The van der Waals surface area contributed by atoms with E-state index in [4.69, 9.17) is 0 Å². The molecule has 0 spiro atoms. The van der Waals surface area contributed by atoms with Crippen molar-refractivity contribution in [3.05, 3.63) is 36.5 Å². The van der Waals surface area contributed by atoms with Crippen molar-refractivity contribution in [1.29, 1.82) is 0 Å². The number of nitrogens with zero attached hydrogens (tertiary/aromatic N) is 1. The van der Waals surface area contributed by atoms with Crippen LogP contribution in [-0.2, 0) is 14.8 Å². The Kier molecular flexibility index (Phi) is 2.95. The molecule has 1 aromatic heterocycles. The number of fused-ring (bicyclic) bond motifs is 2. The normalized spacial score (nSPS) is 26.6. The third-order valence-corrected chi connectivity index (χ3v) is 5.73. The van der Waals surface area contributed by atoms with Gasteiger partial charge in [0.05, 0.1) is 16.5 Å². The number of nitrogens with one attached hydrogen (secondary N) is 2. The zero-order valence-electron chi connectivity index (χ0n) is 11.7. The van der Waals surface area contributed by atoms with E-state index < -0.39 is 22.0 Å². The van der Waals surface area contributed by atoms with Crippen LogP contribution in [0.25, 0.3) is 10.9 Å². The van der Waals surface area contributed by atoms with E-state index in [0.717, 1.165) is 6.42 Å². The summed E-state index contributed by atoms with van der Waals surface area (Å²) in [6, 6.07) is 8.19. The third-order valence-electron chi connectivity index (χ3n) is 4.32. The van der Waals surface area contributed by atoms with Crippen LogP contribution in [-0.4, -0.2) is 31.4 Å². The maximum absolute atomic E-state index is 12.5. The minimum Gasteiger partial charge on any atom is -0.303 e. The maximum atomic E-state index is 12.5. The summed E-state index contributed by atoms with van der Waals surface area (Å²) < 4.78 is 27.2. The van der Waals surface area contributed by atoms with E-state index in [9.17, 15) is 13.2 Å².